The Morgan fingerprint density at radius 1 is 1.50 bits per heavy atom. The van der Waals surface area contributed by atoms with Gasteiger partial charge in [-0.1, -0.05) is 6.07 Å². The number of thioether (sulfide) groups is 1. The molecule has 0 saturated heterocycles. The Balaban J connectivity index is 2.12. The Bertz CT molecular complexity index is 640. The summed E-state index contributed by atoms with van der Waals surface area (Å²) in [6.07, 6.45) is 4.76. The van der Waals surface area contributed by atoms with E-state index in [4.69, 9.17) is 17.0 Å². The Morgan fingerprint density at radius 3 is 2.89 bits per heavy atom. The second kappa shape index (κ2) is 4.31. The van der Waals surface area contributed by atoms with Gasteiger partial charge in [-0.3, -0.25) is 0 Å². The van der Waals surface area contributed by atoms with E-state index in [0.29, 0.717) is 4.75 Å². The molecule has 0 atom stereocenters. The highest BCUT2D eigenvalue weighted by Gasteiger charge is 2.42. The molecule has 18 heavy (non-hydrogen) atoms. The van der Waals surface area contributed by atoms with Crippen molar-refractivity contribution in [2.24, 2.45) is 0 Å². The minimum absolute atomic E-state index is 0.399. The average molecular weight is 280 g/mol. The smallest absolute Gasteiger partial charge is 0.178 e. The number of aromatic nitrogens is 2. The molecule has 1 aliphatic rings. The van der Waals surface area contributed by atoms with Gasteiger partial charge in [0.15, 0.2) is 4.77 Å². The lowest BCUT2D eigenvalue weighted by Crippen LogP contribution is -2.13. The van der Waals surface area contributed by atoms with Crippen molar-refractivity contribution < 1.29 is 4.74 Å². The maximum atomic E-state index is 5.45. The molecule has 1 fully saturated rings. The fraction of sp³-hybridized carbons (Fsp3) is 0.462. The van der Waals surface area contributed by atoms with E-state index in [9.17, 15) is 0 Å². The lowest BCUT2D eigenvalue weighted by Gasteiger charge is -2.13. The second-order valence-corrected chi connectivity index (χ2v) is 6.42. The van der Waals surface area contributed by atoms with Crippen molar-refractivity contribution >= 4 is 35.0 Å². The molecular formula is C13H16N2OS2. The van der Waals surface area contributed by atoms with Crippen LogP contribution >= 0.6 is 24.0 Å². The number of rotatable bonds is 4. The van der Waals surface area contributed by atoms with Crippen molar-refractivity contribution in [1.82, 2.24) is 9.55 Å². The zero-order valence-electron chi connectivity index (χ0n) is 10.5. The van der Waals surface area contributed by atoms with Crippen molar-refractivity contribution in [3.8, 4) is 5.75 Å². The summed E-state index contributed by atoms with van der Waals surface area (Å²) < 4.78 is 8.76. The van der Waals surface area contributed by atoms with Crippen LogP contribution in [0.4, 0.5) is 0 Å². The summed E-state index contributed by atoms with van der Waals surface area (Å²) >= 11 is 7.40. The average Bonchev–Trinajstić information content (AvgIpc) is 3.10. The van der Waals surface area contributed by atoms with Gasteiger partial charge in [-0.2, -0.15) is 11.8 Å². The molecular weight excluding hydrogens is 264 g/mol. The number of nitrogens with zero attached hydrogens (tertiary/aromatic N) is 1. The number of aromatic amines is 1. The first kappa shape index (κ1) is 12.1. The van der Waals surface area contributed by atoms with Crippen molar-refractivity contribution in [2.45, 2.75) is 24.1 Å². The molecule has 0 spiro atoms. The molecule has 0 amide bonds. The first-order valence-electron chi connectivity index (χ1n) is 6.00. The van der Waals surface area contributed by atoms with Gasteiger partial charge in [0.25, 0.3) is 0 Å². The van der Waals surface area contributed by atoms with Crippen molar-refractivity contribution in [3.05, 3.63) is 23.0 Å². The molecule has 1 aromatic carbocycles. The molecule has 2 aromatic rings. The number of H-pyrrole nitrogens is 1. The third-order valence-corrected chi connectivity index (χ3v) is 5.40. The van der Waals surface area contributed by atoms with Crippen molar-refractivity contribution in [2.75, 3.05) is 13.4 Å². The molecule has 3 rings (SSSR count). The predicted molar refractivity (Wildman–Crippen MR) is 79.2 cm³/mol. The quantitative estimate of drug-likeness (QED) is 0.868. The van der Waals surface area contributed by atoms with Gasteiger partial charge in [-0.05, 0) is 43.4 Å². The number of imidazole rings is 1. The fourth-order valence-corrected chi connectivity index (χ4v) is 3.37. The summed E-state index contributed by atoms with van der Waals surface area (Å²) in [5, 5.41) is 0. The molecule has 5 heteroatoms. The second-order valence-electron chi connectivity index (χ2n) is 4.76. The largest absolute Gasteiger partial charge is 0.494 e. The maximum absolute atomic E-state index is 5.45. The maximum Gasteiger partial charge on any atom is 0.178 e. The van der Waals surface area contributed by atoms with Crippen LogP contribution in [0.3, 0.4) is 0 Å². The number of benzene rings is 1. The minimum atomic E-state index is 0.399. The van der Waals surface area contributed by atoms with Crippen LogP contribution in [-0.2, 0) is 6.54 Å². The fourth-order valence-electron chi connectivity index (χ4n) is 2.34. The zero-order valence-corrected chi connectivity index (χ0v) is 12.2. The number of fused-ring (bicyclic) bond motifs is 1. The van der Waals surface area contributed by atoms with Crippen molar-refractivity contribution in [3.63, 3.8) is 0 Å². The highest BCUT2D eigenvalue weighted by molar-refractivity contribution is 8.00. The zero-order chi connectivity index (χ0) is 12.8. The van der Waals surface area contributed by atoms with E-state index in [1.54, 1.807) is 7.11 Å². The first-order chi connectivity index (χ1) is 8.69. The molecule has 0 aliphatic heterocycles. The number of ether oxygens (including phenoxy) is 1. The predicted octanol–water partition coefficient (Wildman–Crippen LogP) is 3.60. The molecule has 0 bridgehead atoms. The van der Waals surface area contributed by atoms with Gasteiger partial charge in [-0.15, -0.1) is 0 Å². The van der Waals surface area contributed by atoms with Crippen LogP contribution in [0.15, 0.2) is 18.2 Å². The number of hydrogen-bond donors (Lipinski definition) is 1. The van der Waals surface area contributed by atoms with Gasteiger partial charge >= 0.3 is 0 Å². The molecule has 1 heterocycles. The van der Waals surface area contributed by atoms with Crippen LogP contribution in [-0.4, -0.2) is 27.7 Å². The summed E-state index contributed by atoms with van der Waals surface area (Å²) in [5.41, 5.74) is 2.14. The lowest BCUT2D eigenvalue weighted by atomic mass is 10.3. The minimum Gasteiger partial charge on any atom is -0.494 e. The molecule has 96 valence electrons. The van der Waals surface area contributed by atoms with Gasteiger partial charge in [-0.25, -0.2) is 0 Å². The standard InChI is InChI=1S/C13H16N2OS2/c1-16-10-5-3-4-9-11(10)14-12(17)15(9)8-13(18-2)6-7-13/h3-5H,6-8H2,1-2H3,(H,14,17). The van der Waals surface area contributed by atoms with Gasteiger partial charge in [0.2, 0.25) is 0 Å². The van der Waals surface area contributed by atoms with Gasteiger partial charge in [0.1, 0.15) is 11.3 Å². The van der Waals surface area contributed by atoms with Crippen LogP contribution < -0.4 is 4.74 Å². The van der Waals surface area contributed by atoms with Crippen LogP contribution in [0.1, 0.15) is 12.8 Å². The van der Waals surface area contributed by atoms with Crippen LogP contribution in [0, 0.1) is 4.77 Å². The van der Waals surface area contributed by atoms with E-state index in [-0.39, 0.29) is 0 Å². The van der Waals surface area contributed by atoms with Gasteiger partial charge < -0.3 is 14.3 Å². The van der Waals surface area contributed by atoms with Gasteiger partial charge in [0, 0.05) is 11.3 Å². The molecule has 1 saturated carbocycles. The lowest BCUT2D eigenvalue weighted by molar-refractivity contribution is 0.419. The monoisotopic (exact) mass is 280 g/mol. The number of para-hydroxylation sites is 1. The Morgan fingerprint density at radius 2 is 2.28 bits per heavy atom. The van der Waals surface area contributed by atoms with Crippen LogP contribution in [0.5, 0.6) is 5.75 Å². The number of methoxy groups -OCH3 is 1. The Kier molecular flexibility index (Phi) is 2.90. The van der Waals surface area contributed by atoms with E-state index in [0.717, 1.165) is 28.1 Å². The third kappa shape index (κ3) is 1.86. The SMILES string of the molecule is COc1cccc2c1[nH]c(=S)n2CC1(SC)CC1. The Labute approximate surface area is 116 Å². The molecule has 3 nitrogen and oxygen atoms in total. The number of hydrogen-bond acceptors (Lipinski definition) is 3. The molecule has 0 unspecified atom stereocenters. The summed E-state index contributed by atoms with van der Waals surface area (Å²) in [5.74, 6) is 0.853. The normalized spacial score (nSPS) is 17.0. The van der Waals surface area contributed by atoms with E-state index in [2.05, 4.69) is 21.9 Å². The van der Waals surface area contributed by atoms with E-state index < -0.39 is 0 Å². The van der Waals surface area contributed by atoms with Crippen molar-refractivity contribution in [1.29, 1.82) is 0 Å². The summed E-state index contributed by atoms with van der Waals surface area (Å²) in [7, 11) is 1.69. The topological polar surface area (TPSA) is 29.9 Å². The highest BCUT2D eigenvalue weighted by Crippen LogP contribution is 2.49. The Hall–Kier alpha value is -0.940. The molecule has 1 aromatic heterocycles. The number of nitrogens with one attached hydrogen (secondary N) is 1. The summed E-state index contributed by atoms with van der Waals surface area (Å²) in [6.45, 7) is 0.986. The summed E-state index contributed by atoms with van der Waals surface area (Å²) in [4.78, 5) is 3.26. The van der Waals surface area contributed by atoms with E-state index in [1.165, 1.54) is 12.8 Å². The van der Waals surface area contributed by atoms with Crippen LogP contribution in [0.2, 0.25) is 0 Å². The third-order valence-electron chi connectivity index (χ3n) is 3.68. The van der Waals surface area contributed by atoms with E-state index in [1.807, 2.05) is 23.9 Å². The molecule has 1 aliphatic carbocycles. The molecule has 0 radical (unpaired) electrons. The molecule has 1 N–H and O–H groups in total. The van der Waals surface area contributed by atoms with Gasteiger partial charge in [0.05, 0.1) is 12.6 Å². The summed E-state index contributed by atoms with van der Waals surface area (Å²) in [6, 6.07) is 6.07. The first-order valence-corrected chi connectivity index (χ1v) is 7.63. The van der Waals surface area contributed by atoms with E-state index >= 15 is 0 Å². The highest BCUT2D eigenvalue weighted by atomic mass is 32.2. The van der Waals surface area contributed by atoms with Crippen LogP contribution in [0.25, 0.3) is 11.0 Å².